The number of aryl methyl sites for hydroxylation is 1. The molecule has 2 heterocycles. The highest BCUT2D eigenvalue weighted by Gasteiger charge is 2.17. The summed E-state index contributed by atoms with van der Waals surface area (Å²) in [4.78, 5) is 25.7. The van der Waals surface area contributed by atoms with E-state index < -0.39 is 0 Å². The molecule has 0 spiro atoms. The van der Waals surface area contributed by atoms with Crippen molar-refractivity contribution in [2.24, 2.45) is 0 Å². The summed E-state index contributed by atoms with van der Waals surface area (Å²) < 4.78 is 7.43. The second-order valence-corrected chi connectivity index (χ2v) is 5.18. The number of carbonyl (C=O) groups is 1. The van der Waals surface area contributed by atoms with Gasteiger partial charge in [-0.2, -0.15) is 0 Å². The minimum absolute atomic E-state index is 0.0436. The second-order valence-electron chi connectivity index (χ2n) is 4.27. The first-order valence-electron chi connectivity index (χ1n) is 5.80. The van der Waals surface area contributed by atoms with Gasteiger partial charge in [-0.3, -0.25) is 9.59 Å². The number of aromatic nitrogens is 1. The van der Waals surface area contributed by atoms with Gasteiger partial charge < -0.3 is 14.2 Å². The van der Waals surface area contributed by atoms with Gasteiger partial charge in [0.15, 0.2) is 0 Å². The summed E-state index contributed by atoms with van der Waals surface area (Å²) in [6.07, 6.45) is 1.65. The molecule has 1 aromatic rings. The Balaban J connectivity index is 2.13. The minimum Gasteiger partial charge on any atom is -0.378 e. The lowest BCUT2D eigenvalue weighted by Crippen LogP contribution is -2.43. The number of hydrogen-bond acceptors (Lipinski definition) is 3. The number of carbonyl (C=O) groups excluding carboxylic acids is 1. The van der Waals surface area contributed by atoms with E-state index in [0.717, 1.165) is 4.47 Å². The van der Waals surface area contributed by atoms with Gasteiger partial charge in [0.2, 0.25) is 5.91 Å². The number of morpholine rings is 1. The molecule has 5 nitrogen and oxygen atoms in total. The number of nitrogens with zero attached hydrogens (tertiary/aromatic N) is 2. The quantitative estimate of drug-likeness (QED) is 0.810. The van der Waals surface area contributed by atoms with Crippen LogP contribution in [0.1, 0.15) is 5.56 Å². The first-order chi connectivity index (χ1) is 8.58. The lowest BCUT2D eigenvalue weighted by Gasteiger charge is -2.27. The minimum atomic E-state index is -0.125. The van der Waals surface area contributed by atoms with Gasteiger partial charge in [-0.1, -0.05) is 0 Å². The third kappa shape index (κ3) is 3.00. The van der Waals surface area contributed by atoms with Crippen molar-refractivity contribution in [3.05, 3.63) is 32.7 Å². The molecule has 0 N–H and O–H groups in total. The van der Waals surface area contributed by atoms with E-state index in [-0.39, 0.29) is 18.0 Å². The van der Waals surface area contributed by atoms with Crippen LogP contribution in [0.25, 0.3) is 0 Å². The van der Waals surface area contributed by atoms with E-state index in [1.54, 1.807) is 24.1 Å². The summed E-state index contributed by atoms with van der Waals surface area (Å²) in [5, 5.41) is 0. The van der Waals surface area contributed by atoms with Gasteiger partial charge in [0.1, 0.15) is 6.54 Å². The zero-order valence-electron chi connectivity index (χ0n) is 10.2. The summed E-state index contributed by atoms with van der Waals surface area (Å²) in [5.41, 5.74) is 0.499. The van der Waals surface area contributed by atoms with E-state index in [1.807, 2.05) is 0 Å². The first kappa shape index (κ1) is 13.3. The molecular weight excluding hydrogens is 300 g/mol. The van der Waals surface area contributed by atoms with Crippen molar-refractivity contribution in [1.82, 2.24) is 9.47 Å². The molecule has 0 bridgehead atoms. The number of hydrogen-bond donors (Lipinski definition) is 0. The van der Waals surface area contributed by atoms with E-state index in [2.05, 4.69) is 15.9 Å². The van der Waals surface area contributed by atoms with Crippen molar-refractivity contribution >= 4 is 21.8 Å². The first-order valence-corrected chi connectivity index (χ1v) is 6.59. The molecule has 1 saturated heterocycles. The predicted molar refractivity (Wildman–Crippen MR) is 70.5 cm³/mol. The summed E-state index contributed by atoms with van der Waals surface area (Å²) in [6.45, 7) is 4.15. The van der Waals surface area contributed by atoms with Crippen LogP contribution in [0.5, 0.6) is 0 Å². The molecule has 0 unspecified atom stereocenters. The average Bonchev–Trinajstić information content (AvgIpc) is 2.36. The molecule has 0 aliphatic carbocycles. The van der Waals surface area contributed by atoms with E-state index in [1.165, 1.54) is 4.57 Å². The molecule has 2 rings (SSSR count). The van der Waals surface area contributed by atoms with Crippen LogP contribution < -0.4 is 5.56 Å². The zero-order valence-corrected chi connectivity index (χ0v) is 11.8. The molecule has 1 aliphatic heterocycles. The molecule has 0 saturated carbocycles. The number of halogens is 1. The van der Waals surface area contributed by atoms with Gasteiger partial charge in [-0.25, -0.2) is 0 Å². The van der Waals surface area contributed by atoms with Crippen LogP contribution in [-0.2, 0) is 16.1 Å². The van der Waals surface area contributed by atoms with Crippen molar-refractivity contribution < 1.29 is 9.53 Å². The average molecular weight is 315 g/mol. The van der Waals surface area contributed by atoms with Gasteiger partial charge in [-0.15, -0.1) is 0 Å². The maximum atomic E-state index is 12.0. The predicted octanol–water partition coefficient (Wildman–Crippen LogP) is 0.778. The van der Waals surface area contributed by atoms with Gasteiger partial charge in [-0.05, 0) is 28.9 Å². The summed E-state index contributed by atoms with van der Waals surface area (Å²) in [6, 6.07) is 1.75. The SMILES string of the molecule is Cc1cc(Br)cn(CC(=O)N2CCOCC2)c1=O. The van der Waals surface area contributed by atoms with Gasteiger partial charge in [0.25, 0.3) is 5.56 Å². The smallest absolute Gasteiger partial charge is 0.253 e. The van der Waals surface area contributed by atoms with Crippen LogP contribution in [-0.4, -0.2) is 41.7 Å². The highest BCUT2D eigenvalue weighted by molar-refractivity contribution is 9.10. The Morgan fingerprint density at radius 1 is 1.44 bits per heavy atom. The van der Waals surface area contributed by atoms with Crippen molar-refractivity contribution in [2.45, 2.75) is 13.5 Å². The largest absolute Gasteiger partial charge is 0.378 e. The highest BCUT2D eigenvalue weighted by Crippen LogP contribution is 2.08. The van der Waals surface area contributed by atoms with Gasteiger partial charge >= 0.3 is 0 Å². The summed E-state index contributed by atoms with van der Waals surface area (Å²) >= 11 is 3.33. The maximum Gasteiger partial charge on any atom is 0.253 e. The Morgan fingerprint density at radius 2 is 2.11 bits per heavy atom. The van der Waals surface area contributed by atoms with Gasteiger partial charge in [0.05, 0.1) is 13.2 Å². The topological polar surface area (TPSA) is 51.5 Å². The number of pyridine rings is 1. The molecule has 1 aliphatic rings. The molecular formula is C12H15BrN2O3. The monoisotopic (exact) mass is 314 g/mol. The number of ether oxygens (including phenoxy) is 1. The van der Waals surface area contributed by atoms with E-state index in [0.29, 0.717) is 31.9 Å². The fraction of sp³-hybridized carbons (Fsp3) is 0.500. The van der Waals surface area contributed by atoms with Crippen molar-refractivity contribution in [1.29, 1.82) is 0 Å². The molecule has 1 aromatic heterocycles. The Labute approximate surface area is 113 Å². The van der Waals surface area contributed by atoms with Crippen LogP contribution in [0.4, 0.5) is 0 Å². The molecule has 0 aromatic carbocycles. The van der Waals surface area contributed by atoms with Crippen molar-refractivity contribution in [3.8, 4) is 0 Å². The van der Waals surface area contributed by atoms with Crippen LogP contribution in [0, 0.1) is 6.92 Å². The molecule has 0 atom stereocenters. The summed E-state index contributed by atoms with van der Waals surface area (Å²) in [5.74, 6) is -0.0436. The normalized spacial score (nSPS) is 15.8. The lowest BCUT2D eigenvalue weighted by atomic mass is 10.3. The summed E-state index contributed by atoms with van der Waals surface area (Å²) in [7, 11) is 0. The Morgan fingerprint density at radius 3 is 2.78 bits per heavy atom. The lowest BCUT2D eigenvalue weighted by molar-refractivity contribution is -0.135. The van der Waals surface area contributed by atoms with E-state index >= 15 is 0 Å². The molecule has 6 heteroatoms. The fourth-order valence-electron chi connectivity index (χ4n) is 1.92. The molecule has 18 heavy (non-hydrogen) atoms. The Bertz CT molecular complexity index is 507. The molecule has 98 valence electrons. The zero-order chi connectivity index (χ0) is 13.1. The van der Waals surface area contributed by atoms with Crippen LogP contribution >= 0.6 is 15.9 Å². The van der Waals surface area contributed by atoms with Crippen molar-refractivity contribution in [2.75, 3.05) is 26.3 Å². The van der Waals surface area contributed by atoms with Gasteiger partial charge in [0, 0.05) is 29.3 Å². The van der Waals surface area contributed by atoms with E-state index in [9.17, 15) is 9.59 Å². The molecule has 1 fully saturated rings. The Kier molecular flexibility index (Phi) is 4.19. The third-order valence-electron chi connectivity index (χ3n) is 2.90. The third-order valence-corrected chi connectivity index (χ3v) is 3.33. The maximum absolute atomic E-state index is 12.0. The Hall–Kier alpha value is -1.14. The molecule has 1 amide bonds. The highest BCUT2D eigenvalue weighted by atomic mass is 79.9. The van der Waals surface area contributed by atoms with Crippen LogP contribution in [0.15, 0.2) is 21.5 Å². The second kappa shape index (κ2) is 5.67. The van der Waals surface area contributed by atoms with Crippen LogP contribution in [0.2, 0.25) is 0 Å². The van der Waals surface area contributed by atoms with Crippen LogP contribution in [0.3, 0.4) is 0 Å². The number of amides is 1. The van der Waals surface area contributed by atoms with E-state index in [4.69, 9.17) is 4.74 Å². The molecule has 0 radical (unpaired) electrons. The van der Waals surface area contributed by atoms with Crippen molar-refractivity contribution in [3.63, 3.8) is 0 Å². The standard InChI is InChI=1S/C12H15BrN2O3/c1-9-6-10(13)7-15(12(9)17)8-11(16)14-2-4-18-5-3-14/h6-7H,2-5,8H2,1H3. The number of rotatable bonds is 2. The fourth-order valence-corrected chi connectivity index (χ4v) is 2.51.